The molecule has 1 aliphatic carbocycles. The Hall–Kier alpha value is -2.01. The Kier molecular flexibility index (Phi) is 6.94. The monoisotopic (exact) mass is 308 g/mol. The lowest BCUT2D eigenvalue weighted by Crippen LogP contribution is -2.18. The molecule has 0 aromatic heterocycles. The smallest absolute Gasteiger partial charge is 0.101 e. The minimum Gasteiger partial charge on any atom is -0.373 e. The molecule has 0 amide bonds. The van der Waals surface area contributed by atoms with Gasteiger partial charge >= 0.3 is 0 Å². The maximum absolute atomic E-state index is 9.34. The Morgan fingerprint density at radius 1 is 1.04 bits per heavy atom. The average molecular weight is 308 g/mol. The zero-order valence-electron chi connectivity index (χ0n) is 14.5. The number of hydrogen-bond acceptors (Lipinski definition) is 2. The van der Waals surface area contributed by atoms with Crippen LogP contribution in [0.1, 0.15) is 51.5 Å². The van der Waals surface area contributed by atoms with Gasteiger partial charge in [-0.3, -0.25) is 0 Å². The minimum absolute atomic E-state index is 0.909. The molecule has 1 fully saturated rings. The second-order valence-corrected chi connectivity index (χ2v) is 5.98. The van der Waals surface area contributed by atoms with Crippen molar-refractivity contribution in [2.75, 3.05) is 13.1 Å². The fourth-order valence-corrected chi connectivity index (χ4v) is 3.34. The highest BCUT2D eigenvalue weighted by atomic mass is 15.2. The lowest BCUT2D eigenvalue weighted by Gasteiger charge is -2.20. The summed E-state index contributed by atoms with van der Waals surface area (Å²) in [6, 6.07) is 13.0. The molecule has 0 radical (unpaired) electrons. The summed E-state index contributed by atoms with van der Waals surface area (Å²) in [5, 5.41) is 9.34. The van der Waals surface area contributed by atoms with Crippen LogP contribution < -0.4 is 0 Å². The maximum Gasteiger partial charge on any atom is 0.101 e. The third-order valence-corrected chi connectivity index (χ3v) is 4.47. The molecule has 0 saturated carbocycles. The molecule has 1 aromatic carbocycles. The van der Waals surface area contributed by atoms with Gasteiger partial charge < -0.3 is 4.90 Å². The lowest BCUT2D eigenvalue weighted by molar-refractivity contribution is 0.416. The van der Waals surface area contributed by atoms with E-state index in [4.69, 9.17) is 0 Å². The number of benzene rings is 1. The van der Waals surface area contributed by atoms with Gasteiger partial charge in [0.25, 0.3) is 0 Å². The van der Waals surface area contributed by atoms with Gasteiger partial charge in [0, 0.05) is 25.2 Å². The Morgan fingerprint density at radius 2 is 1.74 bits per heavy atom. The third kappa shape index (κ3) is 4.73. The summed E-state index contributed by atoms with van der Waals surface area (Å²) in [6.07, 6.45) is 9.08. The minimum atomic E-state index is 0.909. The van der Waals surface area contributed by atoms with Crippen LogP contribution in [-0.2, 0) is 6.42 Å². The van der Waals surface area contributed by atoms with E-state index in [0.29, 0.717) is 0 Å². The highest BCUT2D eigenvalue weighted by Crippen LogP contribution is 2.32. The van der Waals surface area contributed by atoms with Crippen LogP contribution in [0.4, 0.5) is 0 Å². The van der Waals surface area contributed by atoms with Crippen LogP contribution >= 0.6 is 0 Å². The van der Waals surface area contributed by atoms with E-state index in [0.717, 1.165) is 37.9 Å². The van der Waals surface area contributed by atoms with E-state index >= 15 is 0 Å². The number of nitriles is 1. The number of hydrogen-bond donors (Lipinski definition) is 0. The molecule has 0 spiro atoms. The van der Waals surface area contributed by atoms with Crippen LogP contribution in [0.3, 0.4) is 0 Å². The molecule has 1 aromatic rings. The summed E-state index contributed by atoms with van der Waals surface area (Å²) < 4.78 is 0. The van der Waals surface area contributed by atoms with Crippen molar-refractivity contribution in [1.82, 2.24) is 4.90 Å². The van der Waals surface area contributed by atoms with Gasteiger partial charge in [-0.1, -0.05) is 49.8 Å². The fourth-order valence-electron chi connectivity index (χ4n) is 3.34. The Morgan fingerprint density at radius 3 is 2.39 bits per heavy atom. The van der Waals surface area contributed by atoms with Gasteiger partial charge in [-0.15, -0.1) is 0 Å². The van der Waals surface area contributed by atoms with Crippen molar-refractivity contribution < 1.29 is 0 Å². The van der Waals surface area contributed by atoms with Crippen LogP contribution in [0.25, 0.3) is 0 Å². The first kappa shape index (κ1) is 17.3. The van der Waals surface area contributed by atoms with Crippen molar-refractivity contribution in [3.05, 3.63) is 58.8 Å². The number of aryl methyl sites for hydroxylation is 1. The molecule has 2 heteroatoms. The molecule has 0 atom stereocenters. The summed E-state index contributed by atoms with van der Waals surface area (Å²) in [6.45, 7) is 6.26. The second-order valence-electron chi connectivity index (χ2n) is 5.98. The van der Waals surface area contributed by atoms with Crippen molar-refractivity contribution >= 4 is 0 Å². The topological polar surface area (TPSA) is 27.0 Å². The molecule has 1 heterocycles. The second kappa shape index (κ2) is 9.20. The Labute approximate surface area is 141 Å². The van der Waals surface area contributed by atoms with Crippen molar-refractivity contribution in [2.45, 2.75) is 52.4 Å². The van der Waals surface area contributed by atoms with Gasteiger partial charge in [-0.05, 0) is 43.7 Å². The Balaban J connectivity index is 0.000000924. The van der Waals surface area contributed by atoms with Gasteiger partial charge in [0.2, 0.25) is 0 Å². The van der Waals surface area contributed by atoms with E-state index in [9.17, 15) is 5.26 Å². The standard InChI is InChI=1S/C19H22N2.C2H6/c20-15-18-13-17(14-19(18)21-11-4-5-12-21)10-6-9-16-7-2-1-3-8-16;1-2/h1-3,7-8,13H,4-6,9-12,14H2;1-2H3. The first-order valence-electron chi connectivity index (χ1n) is 8.98. The van der Waals surface area contributed by atoms with E-state index in [1.165, 1.54) is 36.1 Å². The van der Waals surface area contributed by atoms with Gasteiger partial charge in [-0.25, -0.2) is 0 Å². The van der Waals surface area contributed by atoms with Crippen molar-refractivity contribution in [3.63, 3.8) is 0 Å². The van der Waals surface area contributed by atoms with Crippen LogP contribution in [-0.4, -0.2) is 18.0 Å². The van der Waals surface area contributed by atoms with Gasteiger partial charge in [0.05, 0.1) is 5.57 Å². The van der Waals surface area contributed by atoms with Crippen molar-refractivity contribution in [3.8, 4) is 6.07 Å². The summed E-state index contributed by atoms with van der Waals surface area (Å²) in [5.41, 5.74) is 5.03. The number of likely N-dealkylation sites (tertiary alicyclic amines) is 1. The molecule has 0 N–H and O–H groups in total. The van der Waals surface area contributed by atoms with Crippen molar-refractivity contribution in [1.29, 1.82) is 5.26 Å². The SMILES string of the molecule is CC.N#CC1=C(N2CCCC2)CC(CCCc2ccccc2)=C1. The molecule has 1 saturated heterocycles. The van der Waals surface area contributed by atoms with Gasteiger partial charge in [0.1, 0.15) is 6.07 Å². The number of nitrogens with zero attached hydrogens (tertiary/aromatic N) is 2. The first-order valence-corrected chi connectivity index (χ1v) is 8.98. The molecule has 1 aliphatic heterocycles. The van der Waals surface area contributed by atoms with E-state index < -0.39 is 0 Å². The molecular formula is C21H28N2. The average Bonchev–Trinajstić information content (AvgIpc) is 3.27. The molecule has 122 valence electrons. The predicted octanol–water partition coefficient (Wildman–Crippen LogP) is 5.24. The normalized spacial score (nSPS) is 16.7. The summed E-state index contributed by atoms with van der Waals surface area (Å²) in [4.78, 5) is 2.42. The maximum atomic E-state index is 9.34. The predicted molar refractivity (Wildman–Crippen MR) is 96.9 cm³/mol. The van der Waals surface area contributed by atoms with E-state index in [1.54, 1.807) is 0 Å². The summed E-state index contributed by atoms with van der Waals surface area (Å²) in [5.74, 6) is 0. The zero-order chi connectivity index (χ0) is 16.5. The van der Waals surface area contributed by atoms with Gasteiger partial charge in [0.15, 0.2) is 0 Å². The summed E-state index contributed by atoms with van der Waals surface area (Å²) in [7, 11) is 0. The molecule has 23 heavy (non-hydrogen) atoms. The van der Waals surface area contributed by atoms with E-state index in [2.05, 4.69) is 47.4 Å². The molecular weight excluding hydrogens is 280 g/mol. The highest BCUT2D eigenvalue weighted by Gasteiger charge is 2.23. The zero-order valence-corrected chi connectivity index (χ0v) is 14.5. The molecule has 2 aliphatic rings. The highest BCUT2D eigenvalue weighted by molar-refractivity contribution is 5.47. The van der Waals surface area contributed by atoms with Gasteiger partial charge in [-0.2, -0.15) is 5.26 Å². The number of rotatable bonds is 5. The molecule has 0 bridgehead atoms. The Bertz CT molecular complexity index is 584. The molecule has 3 rings (SSSR count). The van der Waals surface area contributed by atoms with Crippen LogP contribution in [0.15, 0.2) is 53.3 Å². The third-order valence-electron chi connectivity index (χ3n) is 4.47. The van der Waals surface area contributed by atoms with Crippen LogP contribution in [0, 0.1) is 11.3 Å². The lowest BCUT2D eigenvalue weighted by atomic mass is 10.0. The van der Waals surface area contributed by atoms with E-state index in [1.807, 2.05) is 13.8 Å². The first-order chi connectivity index (χ1) is 11.4. The molecule has 0 unspecified atom stereocenters. The van der Waals surface area contributed by atoms with Crippen molar-refractivity contribution in [2.24, 2.45) is 0 Å². The number of allylic oxidation sites excluding steroid dienone is 3. The van der Waals surface area contributed by atoms with Crippen LogP contribution in [0.2, 0.25) is 0 Å². The molecule has 2 nitrogen and oxygen atoms in total. The quantitative estimate of drug-likeness (QED) is 0.744. The fraction of sp³-hybridized carbons (Fsp3) is 0.476. The summed E-state index contributed by atoms with van der Waals surface area (Å²) >= 11 is 0. The largest absolute Gasteiger partial charge is 0.373 e. The van der Waals surface area contributed by atoms with E-state index in [-0.39, 0.29) is 0 Å². The van der Waals surface area contributed by atoms with Crippen LogP contribution in [0.5, 0.6) is 0 Å².